The van der Waals surface area contributed by atoms with Gasteiger partial charge in [-0.2, -0.15) is 11.8 Å². The Hall–Kier alpha value is -0.560. The zero-order valence-electron chi connectivity index (χ0n) is 10.5. The standard InChI is InChI=1S/C9H18NO6PS/c1-15-17(14,16-2)6-8(11)7(4-5-18-3)10-9(12)13/h7,10H,4-6H2,1-3H3,(H,12,13)/t7-/m0/s1. The zero-order valence-corrected chi connectivity index (χ0v) is 12.3. The molecular weight excluding hydrogens is 281 g/mol. The van der Waals surface area contributed by atoms with Crippen molar-refractivity contribution >= 4 is 31.2 Å². The van der Waals surface area contributed by atoms with Crippen LogP contribution in [0.3, 0.4) is 0 Å². The van der Waals surface area contributed by atoms with Gasteiger partial charge in [-0.25, -0.2) is 4.79 Å². The lowest BCUT2D eigenvalue weighted by Gasteiger charge is -2.18. The van der Waals surface area contributed by atoms with Gasteiger partial charge in [0.15, 0.2) is 5.78 Å². The van der Waals surface area contributed by atoms with Gasteiger partial charge in [-0.05, 0) is 18.4 Å². The first-order chi connectivity index (χ1) is 8.38. The molecule has 106 valence electrons. The Morgan fingerprint density at radius 1 is 1.39 bits per heavy atom. The second-order valence-corrected chi connectivity index (χ2v) is 6.64. The van der Waals surface area contributed by atoms with Gasteiger partial charge in [0.05, 0.1) is 6.04 Å². The Kier molecular flexibility index (Phi) is 8.26. The lowest BCUT2D eigenvalue weighted by molar-refractivity contribution is -0.118. The van der Waals surface area contributed by atoms with Crippen molar-refractivity contribution in [3.63, 3.8) is 0 Å². The van der Waals surface area contributed by atoms with E-state index in [2.05, 4.69) is 14.4 Å². The summed E-state index contributed by atoms with van der Waals surface area (Å²) in [6, 6.07) is -0.895. The van der Waals surface area contributed by atoms with Crippen LogP contribution in [0.4, 0.5) is 4.79 Å². The molecule has 18 heavy (non-hydrogen) atoms. The van der Waals surface area contributed by atoms with Gasteiger partial charge in [-0.15, -0.1) is 0 Å². The van der Waals surface area contributed by atoms with Gasteiger partial charge in [0.25, 0.3) is 0 Å². The average Bonchev–Trinajstić information content (AvgIpc) is 2.33. The van der Waals surface area contributed by atoms with Crippen molar-refractivity contribution in [2.45, 2.75) is 12.5 Å². The first-order valence-corrected chi connectivity index (χ1v) is 8.22. The van der Waals surface area contributed by atoms with Crippen LogP contribution >= 0.6 is 19.4 Å². The van der Waals surface area contributed by atoms with Crippen LogP contribution in [0.25, 0.3) is 0 Å². The smallest absolute Gasteiger partial charge is 0.405 e. The average molecular weight is 299 g/mol. The normalized spacial score (nSPS) is 13.1. The highest BCUT2D eigenvalue weighted by Crippen LogP contribution is 2.46. The van der Waals surface area contributed by atoms with Crippen LogP contribution in [0.15, 0.2) is 0 Å². The minimum Gasteiger partial charge on any atom is -0.465 e. The first-order valence-electron chi connectivity index (χ1n) is 5.10. The summed E-state index contributed by atoms with van der Waals surface area (Å²) in [5.41, 5.74) is 0. The highest BCUT2D eigenvalue weighted by atomic mass is 32.2. The van der Waals surface area contributed by atoms with E-state index in [9.17, 15) is 14.2 Å². The van der Waals surface area contributed by atoms with Crippen molar-refractivity contribution in [2.24, 2.45) is 0 Å². The fourth-order valence-electron chi connectivity index (χ4n) is 1.20. The minimum absolute atomic E-state index is 0.333. The summed E-state index contributed by atoms with van der Waals surface area (Å²) in [6.45, 7) is 0. The van der Waals surface area contributed by atoms with Crippen molar-refractivity contribution in [3.05, 3.63) is 0 Å². The third-order valence-corrected chi connectivity index (χ3v) is 4.66. The molecule has 0 saturated heterocycles. The van der Waals surface area contributed by atoms with Crippen LogP contribution in [0.2, 0.25) is 0 Å². The lowest BCUT2D eigenvalue weighted by Crippen LogP contribution is -2.41. The molecule has 7 nitrogen and oxygen atoms in total. The van der Waals surface area contributed by atoms with Crippen molar-refractivity contribution in [2.75, 3.05) is 32.4 Å². The summed E-state index contributed by atoms with van der Waals surface area (Å²) < 4.78 is 21.1. The van der Waals surface area contributed by atoms with E-state index in [0.717, 1.165) is 0 Å². The number of nitrogens with one attached hydrogen (secondary N) is 1. The van der Waals surface area contributed by atoms with Gasteiger partial charge in [-0.3, -0.25) is 9.36 Å². The van der Waals surface area contributed by atoms with Crippen LogP contribution in [0, 0.1) is 0 Å². The first kappa shape index (κ1) is 17.4. The van der Waals surface area contributed by atoms with Crippen LogP contribution in [0.1, 0.15) is 6.42 Å². The molecule has 0 aliphatic carbocycles. The van der Waals surface area contributed by atoms with Crippen LogP contribution < -0.4 is 5.32 Å². The fourth-order valence-corrected chi connectivity index (χ4v) is 2.68. The van der Waals surface area contributed by atoms with E-state index < -0.39 is 31.7 Å². The number of carbonyl (C=O) groups excluding carboxylic acids is 1. The number of carbonyl (C=O) groups is 2. The molecule has 2 N–H and O–H groups in total. The third-order valence-electron chi connectivity index (χ3n) is 2.20. The molecule has 0 spiro atoms. The number of Topliss-reactive ketones (excluding diaryl/α,β-unsaturated/α-hetero) is 1. The van der Waals surface area contributed by atoms with Crippen molar-refractivity contribution < 1.29 is 28.3 Å². The highest BCUT2D eigenvalue weighted by Gasteiger charge is 2.30. The predicted octanol–water partition coefficient (Wildman–Crippen LogP) is 1.43. The van der Waals surface area contributed by atoms with Gasteiger partial charge < -0.3 is 19.5 Å². The van der Waals surface area contributed by atoms with Gasteiger partial charge in [0.2, 0.25) is 0 Å². The number of rotatable bonds is 9. The molecule has 0 heterocycles. The third kappa shape index (κ3) is 6.39. The molecule has 0 aromatic rings. The molecule has 0 rings (SSSR count). The maximum atomic E-state index is 11.9. The maximum Gasteiger partial charge on any atom is 0.405 e. The van der Waals surface area contributed by atoms with Gasteiger partial charge in [0.1, 0.15) is 6.16 Å². The van der Waals surface area contributed by atoms with E-state index in [1.165, 1.54) is 26.0 Å². The maximum absolute atomic E-state index is 11.9. The fraction of sp³-hybridized carbons (Fsp3) is 0.778. The Bertz CT molecular complexity index is 329. The molecule has 1 amide bonds. The van der Waals surface area contributed by atoms with E-state index in [0.29, 0.717) is 12.2 Å². The van der Waals surface area contributed by atoms with Crippen LogP contribution in [-0.4, -0.2) is 55.4 Å². The molecular formula is C9H18NO6PS. The van der Waals surface area contributed by atoms with Gasteiger partial charge >= 0.3 is 13.7 Å². The van der Waals surface area contributed by atoms with E-state index in [-0.39, 0.29) is 0 Å². The summed E-state index contributed by atoms with van der Waals surface area (Å²) >= 11 is 1.49. The number of hydrogen-bond donors (Lipinski definition) is 2. The molecule has 0 aliphatic rings. The Balaban J connectivity index is 4.63. The molecule has 0 aliphatic heterocycles. The van der Waals surface area contributed by atoms with Crippen molar-refractivity contribution in [1.82, 2.24) is 5.32 Å². The monoisotopic (exact) mass is 299 g/mol. The number of amides is 1. The summed E-state index contributed by atoms with van der Waals surface area (Å²) in [4.78, 5) is 22.4. The Morgan fingerprint density at radius 2 is 1.94 bits per heavy atom. The lowest BCUT2D eigenvalue weighted by atomic mass is 10.1. The van der Waals surface area contributed by atoms with E-state index >= 15 is 0 Å². The summed E-state index contributed by atoms with van der Waals surface area (Å²) in [7, 11) is -1.10. The minimum atomic E-state index is -3.46. The second-order valence-electron chi connectivity index (χ2n) is 3.38. The Labute approximate surface area is 110 Å². The van der Waals surface area contributed by atoms with Crippen molar-refractivity contribution in [1.29, 1.82) is 0 Å². The quantitative estimate of drug-likeness (QED) is 0.621. The SMILES string of the molecule is COP(=O)(CC(=O)[C@H](CCSC)NC(=O)O)OC. The number of ketones is 1. The van der Waals surface area contributed by atoms with Crippen molar-refractivity contribution in [3.8, 4) is 0 Å². The molecule has 9 heteroatoms. The predicted molar refractivity (Wildman–Crippen MR) is 69.4 cm³/mol. The number of carboxylic acid groups (broad SMARTS) is 1. The molecule has 0 fully saturated rings. The van der Waals surface area contributed by atoms with Crippen LogP contribution in [-0.2, 0) is 18.4 Å². The highest BCUT2D eigenvalue weighted by molar-refractivity contribution is 7.98. The Morgan fingerprint density at radius 3 is 2.33 bits per heavy atom. The summed E-state index contributed by atoms with van der Waals surface area (Å²) in [5, 5.41) is 10.7. The summed E-state index contributed by atoms with van der Waals surface area (Å²) in [6.07, 6.45) is 0.440. The molecule has 0 saturated carbocycles. The molecule has 1 atom stereocenters. The second kappa shape index (κ2) is 8.53. The molecule has 0 unspecified atom stereocenters. The molecule has 0 aromatic carbocycles. The van der Waals surface area contributed by atoms with Gasteiger partial charge in [0, 0.05) is 14.2 Å². The van der Waals surface area contributed by atoms with E-state index in [1.54, 1.807) is 0 Å². The molecule has 0 radical (unpaired) electrons. The number of hydrogen-bond acceptors (Lipinski definition) is 6. The topological polar surface area (TPSA) is 102 Å². The number of thioether (sulfide) groups is 1. The zero-order chi connectivity index (χ0) is 14.2. The van der Waals surface area contributed by atoms with Gasteiger partial charge in [-0.1, -0.05) is 0 Å². The van der Waals surface area contributed by atoms with E-state index in [4.69, 9.17) is 5.11 Å². The molecule has 0 bridgehead atoms. The van der Waals surface area contributed by atoms with E-state index in [1.807, 2.05) is 6.26 Å². The largest absolute Gasteiger partial charge is 0.465 e. The summed E-state index contributed by atoms with van der Waals surface area (Å²) in [5.74, 6) is 0.111. The van der Waals surface area contributed by atoms with Crippen LogP contribution in [0.5, 0.6) is 0 Å². The molecule has 0 aromatic heterocycles.